The molecule has 0 spiro atoms. The number of rotatable bonds is 15. The van der Waals surface area contributed by atoms with E-state index in [2.05, 4.69) is 16.0 Å². The van der Waals surface area contributed by atoms with Gasteiger partial charge in [-0.05, 0) is 24.7 Å². The van der Waals surface area contributed by atoms with Crippen LogP contribution in [-0.4, -0.2) is 75.1 Å². The summed E-state index contributed by atoms with van der Waals surface area (Å²) >= 11 is 0. The normalized spacial score (nSPS) is 14.6. The lowest BCUT2D eigenvalue weighted by atomic mass is 10.0. The van der Waals surface area contributed by atoms with Crippen LogP contribution in [0.2, 0.25) is 0 Å². The van der Waals surface area contributed by atoms with Crippen LogP contribution >= 0.6 is 0 Å². The van der Waals surface area contributed by atoms with E-state index in [-0.39, 0.29) is 24.7 Å². The lowest BCUT2D eigenvalue weighted by molar-refractivity contribution is -0.147. The maximum absolute atomic E-state index is 12.8. The van der Waals surface area contributed by atoms with E-state index < -0.39 is 72.6 Å². The first-order valence-corrected chi connectivity index (χ1v) is 10.5. The number of carbonyl (C=O) groups excluding carboxylic acids is 3. The van der Waals surface area contributed by atoms with Crippen molar-refractivity contribution in [1.82, 2.24) is 16.0 Å². The lowest BCUT2D eigenvalue weighted by Crippen LogP contribution is -2.58. The van der Waals surface area contributed by atoms with Crippen molar-refractivity contribution in [2.75, 3.05) is 0 Å². The second-order valence-corrected chi connectivity index (χ2v) is 8.45. The summed E-state index contributed by atoms with van der Waals surface area (Å²) in [5.41, 5.74) is 5.77. The number of nitrogens with one attached hydrogen (secondary N) is 3. The summed E-state index contributed by atoms with van der Waals surface area (Å²) in [5, 5.41) is 33.8. The molecule has 0 saturated carbocycles. The summed E-state index contributed by atoms with van der Waals surface area (Å²) < 4.78 is 0. The van der Waals surface area contributed by atoms with E-state index in [1.54, 1.807) is 27.7 Å². The number of hydrogen-bond acceptors (Lipinski definition) is 7. The van der Waals surface area contributed by atoms with Gasteiger partial charge in [-0.1, -0.05) is 27.7 Å². The maximum atomic E-state index is 12.8. The first-order valence-electron chi connectivity index (χ1n) is 10.5. The minimum absolute atomic E-state index is 0.0715. The Balaban J connectivity index is 5.59. The smallest absolute Gasteiger partial charge is 0.326 e. The third kappa shape index (κ3) is 11.8. The van der Waals surface area contributed by atoms with Crippen LogP contribution in [-0.2, 0) is 28.8 Å². The van der Waals surface area contributed by atoms with Gasteiger partial charge in [-0.25, -0.2) is 4.79 Å². The molecule has 0 aromatic heterocycles. The van der Waals surface area contributed by atoms with Gasteiger partial charge in [-0.15, -0.1) is 0 Å². The summed E-state index contributed by atoms with van der Waals surface area (Å²) in [7, 11) is 0. The molecule has 4 atom stereocenters. The molecule has 0 aliphatic heterocycles. The van der Waals surface area contributed by atoms with Gasteiger partial charge in [0.2, 0.25) is 17.7 Å². The Morgan fingerprint density at radius 2 is 1.21 bits per heavy atom. The lowest BCUT2D eigenvalue weighted by Gasteiger charge is -2.26. The zero-order chi connectivity index (χ0) is 25.9. The highest BCUT2D eigenvalue weighted by molar-refractivity contribution is 5.94. The van der Waals surface area contributed by atoms with Gasteiger partial charge in [0.05, 0.1) is 12.5 Å². The average molecular weight is 475 g/mol. The second kappa shape index (κ2) is 14.0. The van der Waals surface area contributed by atoms with Crippen molar-refractivity contribution in [1.29, 1.82) is 0 Å². The van der Waals surface area contributed by atoms with Crippen LogP contribution in [0.25, 0.3) is 0 Å². The summed E-state index contributed by atoms with van der Waals surface area (Å²) in [6, 6.07) is -5.23. The van der Waals surface area contributed by atoms with Gasteiger partial charge in [0.25, 0.3) is 0 Å². The molecule has 0 aromatic rings. The first kappa shape index (κ1) is 29.8. The molecule has 0 aromatic carbocycles. The quantitative estimate of drug-likeness (QED) is 0.151. The average Bonchev–Trinajstić information content (AvgIpc) is 2.67. The van der Waals surface area contributed by atoms with Crippen molar-refractivity contribution in [3.05, 3.63) is 0 Å². The topological polar surface area (TPSA) is 225 Å². The summed E-state index contributed by atoms with van der Waals surface area (Å²) in [6.45, 7) is 6.86. The Morgan fingerprint density at radius 3 is 1.64 bits per heavy atom. The van der Waals surface area contributed by atoms with Crippen molar-refractivity contribution in [2.24, 2.45) is 17.6 Å². The van der Waals surface area contributed by atoms with Crippen LogP contribution in [0, 0.1) is 11.8 Å². The fraction of sp³-hybridized carbons (Fsp3) is 0.700. The molecular formula is C20H34N4O9. The maximum Gasteiger partial charge on any atom is 0.326 e. The van der Waals surface area contributed by atoms with E-state index in [9.17, 15) is 28.8 Å². The molecule has 33 heavy (non-hydrogen) atoms. The Bertz CT molecular complexity index is 739. The molecule has 0 saturated heterocycles. The summed E-state index contributed by atoms with van der Waals surface area (Å²) in [4.78, 5) is 70.8. The predicted molar refractivity (Wildman–Crippen MR) is 115 cm³/mol. The molecule has 0 aliphatic carbocycles. The predicted octanol–water partition coefficient (Wildman–Crippen LogP) is -1.11. The highest BCUT2D eigenvalue weighted by Crippen LogP contribution is 2.09. The van der Waals surface area contributed by atoms with Crippen LogP contribution in [0.15, 0.2) is 0 Å². The van der Waals surface area contributed by atoms with Gasteiger partial charge in [0, 0.05) is 6.42 Å². The largest absolute Gasteiger partial charge is 0.481 e. The van der Waals surface area contributed by atoms with E-state index in [4.69, 9.17) is 21.1 Å². The molecule has 0 bridgehead atoms. The van der Waals surface area contributed by atoms with Crippen molar-refractivity contribution in [2.45, 2.75) is 77.5 Å². The molecule has 13 nitrogen and oxygen atoms in total. The molecule has 4 unspecified atom stereocenters. The Hall–Kier alpha value is -3.22. The standard InChI is InChI=1S/C20H34N4O9/c1-9(2)7-12(18(30)24-13(20(32)33)8-15(27)28)23-17(29)11(5-6-14(25)26)22-19(31)16(21)10(3)4/h9-13,16H,5-8,21H2,1-4H3,(H,22,31)(H,23,29)(H,24,30)(H,25,26)(H,27,28)(H,32,33). The van der Waals surface area contributed by atoms with Crippen LogP contribution < -0.4 is 21.7 Å². The van der Waals surface area contributed by atoms with E-state index in [1.807, 2.05) is 0 Å². The van der Waals surface area contributed by atoms with Gasteiger partial charge in [-0.3, -0.25) is 24.0 Å². The van der Waals surface area contributed by atoms with Crippen LogP contribution in [0.1, 0.15) is 53.4 Å². The van der Waals surface area contributed by atoms with E-state index in [1.165, 1.54) is 0 Å². The SMILES string of the molecule is CC(C)CC(NC(=O)C(CCC(=O)O)NC(=O)C(N)C(C)C)C(=O)NC(CC(=O)O)C(=O)O. The van der Waals surface area contributed by atoms with E-state index in [0.29, 0.717) is 0 Å². The number of carbonyl (C=O) groups is 6. The van der Waals surface area contributed by atoms with Gasteiger partial charge >= 0.3 is 17.9 Å². The number of aliphatic carboxylic acids is 3. The second-order valence-electron chi connectivity index (χ2n) is 8.45. The first-order chi connectivity index (χ1) is 15.1. The van der Waals surface area contributed by atoms with E-state index >= 15 is 0 Å². The molecule has 0 aliphatic rings. The molecule has 188 valence electrons. The molecule has 3 amide bonds. The number of carboxylic acids is 3. The van der Waals surface area contributed by atoms with Gasteiger partial charge in [0.15, 0.2) is 0 Å². The van der Waals surface area contributed by atoms with Crippen molar-refractivity contribution in [3.8, 4) is 0 Å². The number of amides is 3. The van der Waals surface area contributed by atoms with Crippen molar-refractivity contribution >= 4 is 35.6 Å². The minimum Gasteiger partial charge on any atom is -0.481 e. The fourth-order valence-electron chi connectivity index (χ4n) is 2.73. The summed E-state index contributed by atoms with van der Waals surface area (Å²) in [6.07, 6.45) is -1.52. The van der Waals surface area contributed by atoms with Crippen LogP contribution in [0.3, 0.4) is 0 Å². The molecule has 0 fully saturated rings. The molecule has 0 rings (SSSR count). The van der Waals surface area contributed by atoms with Gasteiger partial charge in [0.1, 0.15) is 18.1 Å². The third-order valence-electron chi connectivity index (χ3n) is 4.63. The van der Waals surface area contributed by atoms with Crippen LogP contribution in [0.4, 0.5) is 0 Å². The molecule has 8 N–H and O–H groups in total. The molecule has 0 radical (unpaired) electrons. The Labute approximate surface area is 191 Å². The van der Waals surface area contributed by atoms with Gasteiger partial charge < -0.3 is 37.0 Å². The highest BCUT2D eigenvalue weighted by Gasteiger charge is 2.32. The number of carboxylic acid groups (broad SMARTS) is 3. The number of nitrogens with two attached hydrogens (primary N) is 1. The highest BCUT2D eigenvalue weighted by atomic mass is 16.4. The third-order valence-corrected chi connectivity index (χ3v) is 4.63. The van der Waals surface area contributed by atoms with Crippen molar-refractivity contribution in [3.63, 3.8) is 0 Å². The van der Waals surface area contributed by atoms with Crippen LogP contribution in [0.5, 0.6) is 0 Å². The van der Waals surface area contributed by atoms with Gasteiger partial charge in [-0.2, -0.15) is 0 Å². The zero-order valence-corrected chi connectivity index (χ0v) is 19.2. The number of hydrogen-bond donors (Lipinski definition) is 7. The monoisotopic (exact) mass is 474 g/mol. The minimum atomic E-state index is -1.71. The molecule has 0 heterocycles. The molecule has 13 heteroatoms. The Kier molecular flexibility index (Phi) is 12.7. The Morgan fingerprint density at radius 1 is 0.727 bits per heavy atom. The van der Waals surface area contributed by atoms with Crippen molar-refractivity contribution < 1.29 is 44.1 Å². The zero-order valence-electron chi connectivity index (χ0n) is 19.2. The fourth-order valence-corrected chi connectivity index (χ4v) is 2.73. The summed E-state index contributed by atoms with van der Waals surface area (Å²) in [5.74, 6) is -7.04. The van der Waals surface area contributed by atoms with E-state index in [0.717, 1.165) is 0 Å². The molecular weight excluding hydrogens is 440 g/mol.